The van der Waals surface area contributed by atoms with Crippen molar-refractivity contribution in [2.24, 2.45) is 5.92 Å². The lowest BCUT2D eigenvalue weighted by molar-refractivity contribution is -0.112. The zero-order valence-corrected chi connectivity index (χ0v) is 16.5. The molecule has 1 amide bonds. The number of carbonyl (C=O) groups excluding carboxylic acids is 2. The Morgan fingerprint density at radius 1 is 1.27 bits per heavy atom. The molecule has 4 rings (SSSR count). The molecular formula is C22H21N5O3. The minimum atomic E-state index is -0.378. The predicted octanol–water partition coefficient (Wildman–Crippen LogP) is 3.49. The van der Waals surface area contributed by atoms with Crippen LogP contribution in [-0.2, 0) is 4.79 Å². The number of hydrogen-bond donors (Lipinski definition) is 1. The van der Waals surface area contributed by atoms with E-state index in [0.717, 1.165) is 42.9 Å². The Kier molecular flexibility index (Phi) is 5.44. The molecule has 1 saturated carbocycles. The fourth-order valence-electron chi connectivity index (χ4n) is 3.85. The van der Waals surface area contributed by atoms with Crippen molar-refractivity contribution in [3.05, 3.63) is 47.9 Å². The molecular weight excluding hydrogens is 382 g/mol. The summed E-state index contributed by atoms with van der Waals surface area (Å²) >= 11 is 0. The molecule has 30 heavy (non-hydrogen) atoms. The van der Waals surface area contributed by atoms with E-state index in [1.54, 1.807) is 6.07 Å². The number of aromatic nitrogens is 3. The molecule has 0 atom stereocenters. The molecule has 152 valence electrons. The number of amides is 1. The van der Waals surface area contributed by atoms with Gasteiger partial charge in [-0.15, -0.1) is 0 Å². The van der Waals surface area contributed by atoms with Gasteiger partial charge < -0.3 is 14.8 Å². The average Bonchev–Trinajstić information content (AvgIpc) is 3.21. The first-order valence-corrected chi connectivity index (χ1v) is 9.80. The number of nitrogens with one attached hydrogen (secondary N) is 1. The molecule has 2 aromatic heterocycles. The lowest BCUT2D eigenvalue weighted by atomic mass is 9.87. The molecule has 1 aliphatic rings. The quantitative estimate of drug-likeness (QED) is 0.653. The summed E-state index contributed by atoms with van der Waals surface area (Å²) in [4.78, 5) is 27.5. The van der Waals surface area contributed by atoms with E-state index in [1.807, 2.05) is 23.0 Å². The minimum absolute atomic E-state index is 0.155. The number of fused-ring (bicyclic) bond motifs is 1. The van der Waals surface area contributed by atoms with Crippen LogP contribution in [0.25, 0.3) is 10.9 Å². The summed E-state index contributed by atoms with van der Waals surface area (Å²) in [5, 5.41) is 17.4. The van der Waals surface area contributed by atoms with Gasteiger partial charge in [0.25, 0.3) is 5.91 Å². The lowest BCUT2D eigenvalue weighted by Crippen LogP contribution is -2.19. The van der Waals surface area contributed by atoms with Crippen molar-refractivity contribution in [3.63, 3.8) is 0 Å². The fourth-order valence-corrected chi connectivity index (χ4v) is 3.85. The maximum Gasteiger partial charge on any atom is 0.257 e. The Hall–Kier alpha value is -3.73. The molecule has 1 fully saturated rings. The van der Waals surface area contributed by atoms with Crippen molar-refractivity contribution in [2.75, 3.05) is 12.4 Å². The molecule has 1 aliphatic carbocycles. The molecule has 0 saturated heterocycles. The number of methoxy groups -OCH3 is 1. The molecule has 8 nitrogen and oxygen atoms in total. The summed E-state index contributed by atoms with van der Waals surface area (Å²) in [6.45, 7) is 0. The topological polar surface area (TPSA) is 110 Å². The maximum atomic E-state index is 12.6. The van der Waals surface area contributed by atoms with Crippen molar-refractivity contribution in [2.45, 2.75) is 31.7 Å². The van der Waals surface area contributed by atoms with Crippen LogP contribution in [0.2, 0.25) is 0 Å². The number of rotatable bonds is 5. The first-order chi connectivity index (χ1) is 14.6. The Bertz CT molecular complexity index is 1140. The standard InChI is InChI=1S/C22H21N5O3/c1-30-21-8-19-17(12-27(26-19)18-4-2-14(13-28)3-5-18)7-20(21)25-22(29)16-6-15(9-23)10-24-11-16/h6-8,10-14,18H,2-5H2,1H3,(H,25,29)/t14-,18-. The van der Waals surface area contributed by atoms with E-state index >= 15 is 0 Å². The number of nitrogens with zero attached hydrogens (tertiary/aromatic N) is 4. The monoisotopic (exact) mass is 403 g/mol. The van der Waals surface area contributed by atoms with Crippen molar-refractivity contribution < 1.29 is 14.3 Å². The highest BCUT2D eigenvalue weighted by molar-refractivity contribution is 6.06. The first kappa shape index (κ1) is 19.6. The number of aldehydes is 1. The average molecular weight is 403 g/mol. The van der Waals surface area contributed by atoms with E-state index in [-0.39, 0.29) is 17.9 Å². The summed E-state index contributed by atoms with van der Waals surface area (Å²) in [7, 11) is 1.53. The van der Waals surface area contributed by atoms with Gasteiger partial charge in [-0.3, -0.25) is 14.5 Å². The first-order valence-electron chi connectivity index (χ1n) is 9.80. The third-order valence-electron chi connectivity index (χ3n) is 5.53. The summed E-state index contributed by atoms with van der Waals surface area (Å²) < 4.78 is 7.40. The molecule has 0 aliphatic heterocycles. The SMILES string of the molecule is COc1cc2nn([C@H]3CC[C@H](C=O)CC3)cc2cc1NC(=O)c1cncc(C#N)c1. The lowest BCUT2D eigenvalue weighted by Gasteiger charge is -2.25. The van der Waals surface area contributed by atoms with Crippen LogP contribution in [0.1, 0.15) is 47.6 Å². The van der Waals surface area contributed by atoms with Crippen LogP contribution in [0, 0.1) is 17.2 Å². The number of hydrogen-bond acceptors (Lipinski definition) is 6. The van der Waals surface area contributed by atoms with Crippen LogP contribution in [0.3, 0.4) is 0 Å². The van der Waals surface area contributed by atoms with Gasteiger partial charge in [0.1, 0.15) is 18.1 Å². The fraction of sp³-hybridized carbons (Fsp3) is 0.318. The van der Waals surface area contributed by atoms with Crippen LogP contribution in [-0.4, -0.2) is 34.1 Å². The summed E-state index contributed by atoms with van der Waals surface area (Å²) in [5.41, 5.74) is 1.89. The van der Waals surface area contributed by atoms with E-state index in [1.165, 1.54) is 25.6 Å². The molecule has 0 bridgehead atoms. The van der Waals surface area contributed by atoms with Gasteiger partial charge >= 0.3 is 0 Å². The van der Waals surface area contributed by atoms with Crippen LogP contribution >= 0.6 is 0 Å². The van der Waals surface area contributed by atoms with Gasteiger partial charge in [-0.25, -0.2) is 0 Å². The highest BCUT2D eigenvalue weighted by Gasteiger charge is 2.23. The highest BCUT2D eigenvalue weighted by atomic mass is 16.5. The van der Waals surface area contributed by atoms with Crippen LogP contribution in [0.5, 0.6) is 5.75 Å². The van der Waals surface area contributed by atoms with E-state index in [0.29, 0.717) is 22.6 Å². The number of anilines is 1. The van der Waals surface area contributed by atoms with Crippen molar-refractivity contribution in [1.82, 2.24) is 14.8 Å². The van der Waals surface area contributed by atoms with E-state index < -0.39 is 0 Å². The number of nitriles is 1. The molecule has 1 N–H and O–H groups in total. The summed E-state index contributed by atoms with van der Waals surface area (Å²) in [5.74, 6) is 0.272. The highest BCUT2D eigenvalue weighted by Crippen LogP contribution is 2.34. The Balaban J connectivity index is 1.59. The predicted molar refractivity (Wildman–Crippen MR) is 110 cm³/mol. The molecule has 0 spiro atoms. The third kappa shape index (κ3) is 3.87. The van der Waals surface area contributed by atoms with Gasteiger partial charge in [-0.2, -0.15) is 10.4 Å². The normalized spacial score (nSPS) is 18.5. The summed E-state index contributed by atoms with van der Waals surface area (Å²) in [6.07, 6.45) is 9.43. The molecule has 0 radical (unpaired) electrons. The van der Waals surface area contributed by atoms with Gasteiger partial charge in [0, 0.05) is 36.0 Å². The summed E-state index contributed by atoms with van der Waals surface area (Å²) in [6, 6.07) is 7.35. The molecule has 2 heterocycles. The zero-order valence-electron chi connectivity index (χ0n) is 16.5. The van der Waals surface area contributed by atoms with Crippen LogP contribution < -0.4 is 10.1 Å². The van der Waals surface area contributed by atoms with Gasteiger partial charge in [-0.1, -0.05) is 0 Å². The second-order valence-electron chi connectivity index (χ2n) is 7.45. The molecule has 1 aromatic carbocycles. The Labute approximate surface area is 173 Å². The van der Waals surface area contributed by atoms with Crippen molar-refractivity contribution in [3.8, 4) is 11.8 Å². The minimum Gasteiger partial charge on any atom is -0.494 e. The smallest absolute Gasteiger partial charge is 0.257 e. The molecule has 0 unspecified atom stereocenters. The third-order valence-corrected chi connectivity index (χ3v) is 5.53. The van der Waals surface area contributed by atoms with Gasteiger partial charge in [0.2, 0.25) is 0 Å². The van der Waals surface area contributed by atoms with Crippen LogP contribution in [0.4, 0.5) is 5.69 Å². The second-order valence-corrected chi connectivity index (χ2v) is 7.45. The number of ether oxygens (including phenoxy) is 1. The maximum absolute atomic E-state index is 12.6. The number of pyridine rings is 1. The van der Waals surface area contributed by atoms with Gasteiger partial charge in [0.05, 0.1) is 35.5 Å². The zero-order chi connectivity index (χ0) is 21.1. The molecule has 8 heteroatoms. The molecule has 3 aromatic rings. The van der Waals surface area contributed by atoms with E-state index in [9.17, 15) is 9.59 Å². The van der Waals surface area contributed by atoms with Crippen molar-refractivity contribution >= 4 is 28.8 Å². The number of benzene rings is 1. The number of carbonyl (C=O) groups is 2. The largest absolute Gasteiger partial charge is 0.494 e. The second kappa shape index (κ2) is 8.33. The van der Waals surface area contributed by atoms with E-state index in [4.69, 9.17) is 10.00 Å². The Morgan fingerprint density at radius 3 is 2.77 bits per heavy atom. The Morgan fingerprint density at radius 2 is 2.07 bits per heavy atom. The van der Waals surface area contributed by atoms with Gasteiger partial charge in [0.15, 0.2) is 0 Å². The van der Waals surface area contributed by atoms with Crippen molar-refractivity contribution in [1.29, 1.82) is 5.26 Å². The van der Waals surface area contributed by atoms with E-state index in [2.05, 4.69) is 15.4 Å². The van der Waals surface area contributed by atoms with Crippen LogP contribution in [0.15, 0.2) is 36.8 Å². The van der Waals surface area contributed by atoms with Gasteiger partial charge in [-0.05, 0) is 37.8 Å².